The van der Waals surface area contributed by atoms with Gasteiger partial charge in [-0.2, -0.15) is 0 Å². The van der Waals surface area contributed by atoms with Crippen molar-refractivity contribution < 1.29 is 14.1 Å². The monoisotopic (exact) mass is 386 g/mol. The van der Waals surface area contributed by atoms with Crippen LogP contribution in [0, 0.1) is 15.9 Å². The van der Waals surface area contributed by atoms with Crippen molar-refractivity contribution >= 4 is 23.2 Å². The third-order valence-corrected chi connectivity index (χ3v) is 4.03. The van der Waals surface area contributed by atoms with Gasteiger partial charge in [0, 0.05) is 17.7 Å². The first kappa shape index (κ1) is 18.4. The van der Waals surface area contributed by atoms with Crippen LogP contribution in [0.15, 0.2) is 54.9 Å². The van der Waals surface area contributed by atoms with Gasteiger partial charge in [0.2, 0.25) is 0 Å². The standard InChI is InChI=1S/C18H12ClFN4O3/c19-16-6-5-14(24(26)27)8-15(16)18(25)21-9-13-7-17(23-10-22-13)11-1-3-12(20)4-2-11/h1-8,10H,9H2,(H,21,25). The lowest BCUT2D eigenvalue weighted by molar-refractivity contribution is -0.384. The van der Waals surface area contributed by atoms with Crippen LogP contribution in [0.25, 0.3) is 11.3 Å². The Bertz CT molecular complexity index is 1010. The van der Waals surface area contributed by atoms with E-state index in [1.807, 2.05) is 0 Å². The van der Waals surface area contributed by atoms with E-state index in [1.165, 1.54) is 30.6 Å². The van der Waals surface area contributed by atoms with Crippen LogP contribution in [-0.4, -0.2) is 20.8 Å². The van der Waals surface area contributed by atoms with E-state index in [-0.39, 0.29) is 28.6 Å². The van der Waals surface area contributed by atoms with Crippen molar-refractivity contribution in [2.45, 2.75) is 6.54 Å². The van der Waals surface area contributed by atoms with Crippen LogP contribution in [0.2, 0.25) is 5.02 Å². The molecule has 0 bridgehead atoms. The number of nitro groups is 1. The summed E-state index contributed by atoms with van der Waals surface area (Å²) in [5.74, 6) is -0.917. The Kier molecular flexibility index (Phi) is 5.37. The van der Waals surface area contributed by atoms with Crippen LogP contribution < -0.4 is 5.32 Å². The molecule has 3 aromatic rings. The normalized spacial score (nSPS) is 10.4. The molecule has 3 rings (SSSR count). The molecule has 27 heavy (non-hydrogen) atoms. The SMILES string of the molecule is O=C(NCc1cc(-c2ccc(F)cc2)ncn1)c1cc([N+](=O)[O-])ccc1Cl. The van der Waals surface area contributed by atoms with Crippen LogP contribution in [0.1, 0.15) is 16.1 Å². The zero-order valence-corrected chi connectivity index (χ0v) is 14.5. The quantitative estimate of drug-likeness (QED) is 0.531. The topological polar surface area (TPSA) is 98.0 Å². The maximum Gasteiger partial charge on any atom is 0.270 e. The van der Waals surface area contributed by atoms with Crippen molar-refractivity contribution in [3.8, 4) is 11.3 Å². The first-order valence-corrected chi connectivity index (χ1v) is 8.11. The number of non-ortho nitro benzene ring substituents is 1. The predicted molar refractivity (Wildman–Crippen MR) is 96.7 cm³/mol. The molecule has 1 heterocycles. The Hall–Kier alpha value is -3.39. The number of halogens is 2. The second-order valence-electron chi connectivity index (χ2n) is 5.51. The molecule has 0 saturated heterocycles. The molecule has 1 aromatic heterocycles. The van der Waals surface area contributed by atoms with Crippen molar-refractivity contribution in [2.75, 3.05) is 0 Å². The maximum atomic E-state index is 13.0. The number of nitrogens with zero attached hydrogens (tertiary/aromatic N) is 3. The average Bonchev–Trinajstić information content (AvgIpc) is 2.67. The van der Waals surface area contributed by atoms with E-state index in [0.29, 0.717) is 17.0 Å². The minimum absolute atomic E-state index is 0.00122. The van der Waals surface area contributed by atoms with E-state index in [4.69, 9.17) is 11.6 Å². The molecule has 1 amide bonds. The summed E-state index contributed by atoms with van der Waals surface area (Å²) < 4.78 is 13.0. The van der Waals surface area contributed by atoms with E-state index < -0.39 is 10.8 Å². The number of aromatic nitrogens is 2. The van der Waals surface area contributed by atoms with E-state index in [1.54, 1.807) is 18.2 Å². The molecule has 0 atom stereocenters. The summed E-state index contributed by atoms with van der Waals surface area (Å²) in [6.07, 6.45) is 1.33. The maximum absolute atomic E-state index is 13.0. The lowest BCUT2D eigenvalue weighted by Gasteiger charge is -2.08. The molecule has 0 radical (unpaired) electrons. The first-order chi connectivity index (χ1) is 12.9. The molecule has 0 spiro atoms. The minimum Gasteiger partial charge on any atom is -0.346 e. The Labute approximate surface area is 158 Å². The third kappa shape index (κ3) is 4.42. The van der Waals surface area contributed by atoms with Gasteiger partial charge >= 0.3 is 0 Å². The van der Waals surface area contributed by atoms with Crippen LogP contribution in [-0.2, 0) is 6.54 Å². The fraction of sp³-hybridized carbons (Fsp3) is 0.0556. The van der Waals surface area contributed by atoms with E-state index in [2.05, 4.69) is 15.3 Å². The van der Waals surface area contributed by atoms with Crippen molar-refractivity contribution in [1.82, 2.24) is 15.3 Å². The number of carbonyl (C=O) groups is 1. The second kappa shape index (κ2) is 7.88. The van der Waals surface area contributed by atoms with Crippen molar-refractivity contribution in [1.29, 1.82) is 0 Å². The van der Waals surface area contributed by atoms with E-state index in [0.717, 1.165) is 6.07 Å². The van der Waals surface area contributed by atoms with Crippen molar-refractivity contribution in [3.05, 3.63) is 87.1 Å². The number of hydrogen-bond acceptors (Lipinski definition) is 5. The molecule has 2 aromatic carbocycles. The van der Waals surface area contributed by atoms with Crippen molar-refractivity contribution in [3.63, 3.8) is 0 Å². The first-order valence-electron chi connectivity index (χ1n) is 7.73. The van der Waals surface area contributed by atoms with Crippen LogP contribution >= 0.6 is 11.6 Å². The molecule has 7 nitrogen and oxygen atoms in total. The van der Waals surface area contributed by atoms with Gasteiger partial charge in [0.05, 0.1) is 33.4 Å². The fourth-order valence-electron chi connectivity index (χ4n) is 2.34. The number of nitrogens with one attached hydrogen (secondary N) is 1. The largest absolute Gasteiger partial charge is 0.346 e. The zero-order valence-electron chi connectivity index (χ0n) is 13.7. The molecule has 0 saturated carbocycles. The van der Waals surface area contributed by atoms with Gasteiger partial charge in [0.1, 0.15) is 12.1 Å². The highest BCUT2D eigenvalue weighted by Gasteiger charge is 2.16. The lowest BCUT2D eigenvalue weighted by Crippen LogP contribution is -2.23. The van der Waals surface area contributed by atoms with Gasteiger partial charge in [-0.15, -0.1) is 0 Å². The van der Waals surface area contributed by atoms with Crippen LogP contribution in [0.5, 0.6) is 0 Å². The fourth-order valence-corrected chi connectivity index (χ4v) is 2.54. The molecule has 0 aliphatic rings. The summed E-state index contributed by atoms with van der Waals surface area (Å²) >= 11 is 5.96. The Morgan fingerprint density at radius 2 is 1.89 bits per heavy atom. The summed E-state index contributed by atoms with van der Waals surface area (Å²) in [7, 11) is 0. The summed E-state index contributed by atoms with van der Waals surface area (Å²) in [6, 6.07) is 11.1. The lowest BCUT2D eigenvalue weighted by atomic mass is 10.1. The van der Waals surface area contributed by atoms with E-state index in [9.17, 15) is 19.3 Å². The minimum atomic E-state index is -0.605. The average molecular weight is 387 g/mol. The number of amides is 1. The molecule has 136 valence electrons. The molecular weight excluding hydrogens is 375 g/mol. The van der Waals surface area contributed by atoms with Crippen LogP contribution in [0.3, 0.4) is 0 Å². The molecule has 0 aliphatic heterocycles. The highest BCUT2D eigenvalue weighted by atomic mass is 35.5. The highest BCUT2D eigenvalue weighted by Crippen LogP contribution is 2.22. The molecule has 0 aliphatic carbocycles. The number of rotatable bonds is 5. The Morgan fingerprint density at radius 3 is 2.59 bits per heavy atom. The predicted octanol–water partition coefficient (Wildman–Crippen LogP) is 3.77. The smallest absolute Gasteiger partial charge is 0.270 e. The Morgan fingerprint density at radius 1 is 1.15 bits per heavy atom. The molecule has 0 fully saturated rings. The van der Waals surface area contributed by atoms with Gasteiger partial charge in [0.25, 0.3) is 11.6 Å². The highest BCUT2D eigenvalue weighted by molar-refractivity contribution is 6.33. The molecular formula is C18H12ClFN4O3. The second-order valence-corrected chi connectivity index (χ2v) is 5.91. The molecule has 1 N–H and O–H groups in total. The summed E-state index contributed by atoms with van der Waals surface area (Å²) in [4.78, 5) is 30.8. The van der Waals surface area contributed by atoms with Crippen LogP contribution in [0.4, 0.5) is 10.1 Å². The van der Waals surface area contributed by atoms with Gasteiger partial charge in [-0.05, 0) is 36.4 Å². The van der Waals surface area contributed by atoms with Gasteiger partial charge in [-0.25, -0.2) is 14.4 Å². The number of carbonyl (C=O) groups excluding carboxylic acids is 1. The van der Waals surface area contributed by atoms with Crippen molar-refractivity contribution in [2.24, 2.45) is 0 Å². The van der Waals surface area contributed by atoms with Gasteiger partial charge in [-0.1, -0.05) is 11.6 Å². The number of hydrogen-bond donors (Lipinski definition) is 1. The summed E-state index contributed by atoms with van der Waals surface area (Å²) in [6.45, 7) is 0.0641. The van der Waals surface area contributed by atoms with Gasteiger partial charge in [0.15, 0.2) is 0 Å². The van der Waals surface area contributed by atoms with Gasteiger partial charge in [-0.3, -0.25) is 14.9 Å². The van der Waals surface area contributed by atoms with Gasteiger partial charge < -0.3 is 5.32 Å². The molecule has 0 unspecified atom stereocenters. The Balaban J connectivity index is 1.74. The summed E-state index contributed by atoms with van der Waals surface area (Å²) in [5.41, 5.74) is 1.55. The number of nitro benzene ring substituents is 1. The zero-order chi connectivity index (χ0) is 19.4. The summed E-state index contributed by atoms with van der Waals surface area (Å²) in [5, 5.41) is 13.6. The third-order valence-electron chi connectivity index (χ3n) is 3.70. The number of benzene rings is 2. The molecule has 9 heteroatoms. The van der Waals surface area contributed by atoms with E-state index >= 15 is 0 Å².